The van der Waals surface area contributed by atoms with Crippen molar-refractivity contribution in [2.75, 3.05) is 25.2 Å². The van der Waals surface area contributed by atoms with E-state index in [2.05, 4.69) is 21.6 Å². The topological polar surface area (TPSA) is 67.8 Å². The summed E-state index contributed by atoms with van der Waals surface area (Å²) in [6, 6.07) is 0. The lowest BCUT2D eigenvalue weighted by atomic mass is 10.6. The molecule has 0 fully saturated rings. The lowest BCUT2D eigenvalue weighted by molar-refractivity contribution is -0.208. The summed E-state index contributed by atoms with van der Waals surface area (Å²) in [5.74, 6) is 1.82. The van der Waals surface area contributed by atoms with Gasteiger partial charge < -0.3 is 4.89 Å². The molecule has 0 radical (unpaired) electrons. The maximum atomic E-state index is 10.8. The zero-order chi connectivity index (χ0) is 10.2. The van der Waals surface area contributed by atoms with E-state index in [1.165, 1.54) is 7.05 Å². The van der Waals surface area contributed by atoms with Crippen molar-refractivity contribution in [3.05, 3.63) is 0 Å². The fraction of sp³-hybridized carbons (Fsp3) is 1.00. The fourth-order valence-electron chi connectivity index (χ4n) is 0.485. The standard InChI is InChI=1S/C6H16NO4PS/c1-3-5-13-6-4-10-11-12(8,9)7-2/h3-6H2,1-2H3,(H2,7,8,9). The van der Waals surface area contributed by atoms with Gasteiger partial charge in [-0.25, -0.2) is 14.5 Å². The first-order valence-electron chi connectivity index (χ1n) is 4.03. The number of thioether (sulfide) groups is 1. The molecule has 1 atom stereocenters. The van der Waals surface area contributed by atoms with Crippen LogP contribution < -0.4 is 5.09 Å². The summed E-state index contributed by atoms with van der Waals surface area (Å²) in [6.07, 6.45) is 1.11. The van der Waals surface area contributed by atoms with Crippen molar-refractivity contribution in [3.8, 4) is 0 Å². The number of hydrogen-bond donors (Lipinski definition) is 2. The number of nitrogens with one attached hydrogen (secondary N) is 1. The first-order valence-corrected chi connectivity index (χ1v) is 6.76. The van der Waals surface area contributed by atoms with Gasteiger partial charge in [0.15, 0.2) is 0 Å². The molecule has 0 aromatic carbocycles. The lowest BCUT2D eigenvalue weighted by Crippen LogP contribution is -2.07. The van der Waals surface area contributed by atoms with Crippen LogP contribution in [0, 0.1) is 0 Å². The SMILES string of the molecule is CCCSCCOOP(=O)(O)NC. The lowest BCUT2D eigenvalue weighted by Gasteiger charge is -2.08. The maximum Gasteiger partial charge on any atom is 0.429 e. The summed E-state index contributed by atoms with van der Waals surface area (Å²) in [5.41, 5.74) is 0. The van der Waals surface area contributed by atoms with Gasteiger partial charge in [-0.05, 0) is 19.2 Å². The fourth-order valence-corrected chi connectivity index (χ4v) is 1.46. The minimum Gasteiger partial charge on any atom is -0.311 e. The predicted octanol–water partition coefficient (Wildman–Crippen LogP) is 1.40. The molecule has 0 aromatic heterocycles. The summed E-state index contributed by atoms with van der Waals surface area (Å²) in [4.78, 5) is 13.4. The summed E-state index contributed by atoms with van der Waals surface area (Å²) in [6.45, 7) is 2.41. The van der Waals surface area contributed by atoms with E-state index in [1.54, 1.807) is 11.8 Å². The van der Waals surface area contributed by atoms with E-state index >= 15 is 0 Å². The molecule has 7 heteroatoms. The van der Waals surface area contributed by atoms with Gasteiger partial charge in [0.25, 0.3) is 0 Å². The van der Waals surface area contributed by atoms with Crippen LogP contribution in [0.5, 0.6) is 0 Å². The summed E-state index contributed by atoms with van der Waals surface area (Å²) in [5, 5.41) is 2.10. The van der Waals surface area contributed by atoms with E-state index in [1.807, 2.05) is 0 Å². The Morgan fingerprint density at radius 1 is 1.54 bits per heavy atom. The Morgan fingerprint density at radius 3 is 2.77 bits per heavy atom. The Bertz CT molecular complexity index is 169. The number of rotatable bonds is 8. The van der Waals surface area contributed by atoms with Crippen molar-refractivity contribution >= 4 is 19.5 Å². The second kappa shape index (κ2) is 7.79. The monoisotopic (exact) mass is 229 g/mol. The predicted molar refractivity (Wildman–Crippen MR) is 53.5 cm³/mol. The van der Waals surface area contributed by atoms with Gasteiger partial charge in [0, 0.05) is 5.75 Å². The van der Waals surface area contributed by atoms with Crippen LogP contribution in [0.1, 0.15) is 13.3 Å². The van der Waals surface area contributed by atoms with Crippen molar-refractivity contribution in [2.24, 2.45) is 0 Å². The molecular weight excluding hydrogens is 213 g/mol. The van der Waals surface area contributed by atoms with Crippen LogP contribution >= 0.6 is 19.5 Å². The Morgan fingerprint density at radius 2 is 2.23 bits per heavy atom. The maximum absolute atomic E-state index is 10.8. The quantitative estimate of drug-likeness (QED) is 0.284. The van der Waals surface area contributed by atoms with Gasteiger partial charge in [-0.1, -0.05) is 6.92 Å². The molecule has 2 N–H and O–H groups in total. The van der Waals surface area contributed by atoms with Crippen molar-refractivity contribution in [1.82, 2.24) is 5.09 Å². The van der Waals surface area contributed by atoms with E-state index in [4.69, 9.17) is 4.89 Å². The van der Waals surface area contributed by atoms with Crippen molar-refractivity contribution < 1.29 is 19.0 Å². The van der Waals surface area contributed by atoms with E-state index in [0.717, 1.165) is 17.9 Å². The van der Waals surface area contributed by atoms with Crippen LogP contribution in [0.4, 0.5) is 0 Å². The highest BCUT2D eigenvalue weighted by Gasteiger charge is 2.16. The van der Waals surface area contributed by atoms with Crippen molar-refractivity contribution in [3.63, 3.8) is 0 Å². The molecule has 1 unspecified atom stereocenters. The Balaban J connectivity index is 3.21. The van der Waals surface area contributed by atoms with Crippen LogP contribution in [-0.2, 0) is 14.1 Å². The van der Waals surface area contributed by atoms with Crippen LogP contribution in [0.25, 0.3) is 0 Å². The molecule has 0 spiro atoms. The van der Waals surface area contributed by atoms with Gasteiger partial charge in [-0.15, -0.1) is 4.67 Å². The second-order valence-electron chi connectivity index (χ2n) is 2.25. The molecule has 5 nitrogen and oxygen atoms in total. The van der Waals surface area contributed by atoms with Crippen LogP contribution in [0.2, 0.25) is 0 Å². The van der Waals surface area contributed by atoms with Crippen LogP contribution in [-0.4, -0.2) is 30.1 Å². The normalized spacial score (nSPS) is 15.6. The highest BCUT2D eigenvalue weighted by molar-refractivity contribution is 7.99. The minimum atomic E-state index is -3.71. The first kappa shape index (κ1) is 13.4. The zero-order valence-corrected chi connectivity index (χ0v) is 9.57. The van der Waals surface area contributed by atoms with Gasteiger partial charge in [-0.2, -0.15) is 11.8 Å². The molecule has 0 amide bonds. The average molecular weight is 229 g/mol. The van der Waals surface area contributed by atoms with Gasteiger partial charge in [-0.3, -0.25) is 0 Å². The zero-order valence-electron chi connectivity index (χ0n) is 7.86. The third-order valence-electron chi connectivity index (χ3n) is 1.10. The van der Waals surface area contributed by atoms with Crippen LogP contribution in [0.3, 0.4) is 0 Å². The highest BCUT2D eigenvalue weighted by Crippen LogP contribution is 2.35. The molecule has 0 bridgehead atoms. The Labute approximate surface area is 82.7 Å². The van der Waals surface area contributed by atoms with E-state index in [9.17, 15) is 4.57 Å². The van der Waals surface area contributed by atoms with Gasteiger partial charge in [0.05, 0.1) is 6.61 Å². The molecule has 0 saturated carbocycles. The summed E-state index contributed by atoms with van der Waals surface area (Å²) < 4.78 is 15.0. The molecule has 0 aliphatic carbocycles. The van der Waals surface area contributed by atoms with Gasteiger partial charge >= 0.3 is 7.75 Å². The first-order chi connectivity index (χ1) is 6.12. The Hall–Kier alpha value is 0.420. The van der Waals surface area contributed by atoms with Crippen molar-refractivity contribution in [2.45, 2.75) is 13.3 Å². The highest BCUT2D eigenvalue weighted by atomic mass is 32.2. The molecular formula is C6H16NO4PS. The third kappa shape index (κ3) is 8.74. The molecule has 80 valence electrons. The van der Waals surface area contributed by atoms with Crippen molar-refractivity contribution in [1.29, 1.82) is 0 Å². The molecule has 0 heterocycles. The van der Waals surface area contributed by atoms with E-state index in [0.29, 0.717) is 6.61 Å². The molecule has 0 aromatic rings. The number of hydrogen-bond acceptors (Lipinski definition) is 4. The molecule has 0 rings (SSSR count). The van der Waals surface area contributed by atoms with E-state index < -0.39 is 7.75 Å². The molecule has 0 aliphatic rings. The minimum absolute atomic E-state index is 0.316. The van der Waals surface area contributed by atoms with Crippen LogP contribution in [0.15, 0.2) is 0 Å². The third-order valence-corrected chi connectivity index (χ3v) is 3.12. The molecule has 0 saturated heterocycles. The largest absolute Gasteiger partial charge is 0.429 e. The molecule has 0 aliphatic heterocycles. The van der Waals surface area contributed by atoms with E-state index in [-0.39, 0.29) is 0 Å². The Kier molecular flexibility index (Phi) is 8.04. The van der Waals surface area contributed by atoms with Gasteiger partial charge in [0.1, 0.15) is 0 Å². The summed E-state index contributed by atoms with van der Waals surface area (Å²) >= 11 is 1.71. The smallest absolute Gasteiger partial charge is 0.311 e. The molecule has 13 heavy (non-hydrogen) atoms. The summed E-state index contributed by atoms with van der Waals surface area (Å²) in [7, 11) is -2.38. The van der Waals surface area contributed by atoms with Gasteiger partial charge in [0.2, 0.25) is 0 Å². The second-order valence-corrected chi connectivity index (χ2v) is 5.11. The average Bonchev–Trinajstić information content (AvgIpc) is 2.11.